The maximum atomic E-state index is 13.0. The molecule has 20 heavy (non-hydrogen) atoms. The van der Waals surface area contributed by atoms with Crippen molar-refractivity contribution in [2.24, 2.45) is 0 Å². The molecule has 0 aliphatic rings. The van der Waals surface area contributed by atoms with Gasteiger partial charge >= 0.3 is 0 Å². The summed E-state index contributed by atoms with van der Waals surface area (Å²) >= 11 is 0. The Morgan fingerprint density at radius 2 is 2.15 bits per heavy atom. The first kappa shape index (κ1) is 14.1. The van der Waals surface area contributed by atoms with E-state index in [1.54, 1.807) is 18.3 Å². The highest BCUT2D eigenvalue weighted by atomic mass is 19.1. The second-order valence-corrected chi connectivity index (χ2v) is 4.42. The van der Waals surface area contributed by atoms with Crippen molar-refractivity contribution in [2.75, 3.05) is 11.9 Å². The van der Waals surface area contributed by atoms with Crippen LogP contribution in [0.15, 0.2) is 48.7 Å². The lowest BCUT2D eigenvalue weighted by Gasteiger charge is -2.13. The second kappa shape index (κ2) is 6.77. The van der Waals surface area contributed by atoms with Gasteiger partial charge in [-0.2, -0.15) is 0 Å². The van der Waals surface area contributed by atoms with E-state index in [0.29, 0.717) is 5.69 Å². The topological polar surface area (TPSA) is 54.0 Å². The highest BCUT2D eigenvalue weighted by Gasteiger charge is 2.08. The van der Waals surface area contributed by atoms with Crippen molar-refractivity contribution in [3.05, 3.63) is 60.2 Å². The van der Waals surface area contributed by atoms with Crippen LogP contribution in [0.5, 0.6) is 0 Å². The van der Waals surface area contributed by atoms with Crippen molar-refractivity contribution >= 4 is 11.6 Å². The van der Waals surface area contributed by atoms with Gasteiger partial charge in [0.05, 0.1) is 12.2 Å². The summed E-state index contributed by atoms with van der Waals surface area (Å²) in [6, 6.07) is 11.4. The zero-order valence-corrected chi connectivity index (χ0v) is 11.1. The highest BCUT2D eigenvalue weighted by Crippen LogP contribution is 2.09. The minimum atomic E-state index is -0.377. The Hall–Kier alpha value is -2.27. The number of amides is 1. The van der Waals surface area contributed by atoms with E-state index in [9.17, 15) is 9.18 Å². The van der Waals surface area contributed by atoms with Crippen LogP contribution in [0.4, 0.5) is 10.1 Å². The second-order valence-electron chi connectivity index (χ2n) is 4.42. The number of halogens is 1. The molecule has 0 bridgehead atoms. The van der Waals surface area contributed by atoms with Crippen LogP contribution in [-0.2, 0) is 4.79 Å². The standard InChI is InChI=1S/C15H16FN3O/c1-11(14-7-2-3-8-17-14)18-10-15(20)19-13-6-4-5-12(16)9-13/h2-9,11,18H,10H2,1H3,(H,19,20)/t11-/m0/s1. The Morgan fingerprint density at radius 1 is 1.30 bits per heavy atom. The van der Waals surface area contributed by atoms with Gasteiger partial charge in [0.15, 0.2) is 0 Å². The lowest BCUT2D eigenvalue weighted by atomic mass is 10.2. The van der Waals surface area contributed by atoms with Crippen LogP contribution in [0.2, 0.25) is 0 Å². The summed E-state index contributed by atoms with van der Waals surface area (Å²) in [6.45, 7) is 2.06. The maximum Gasteiger partial charge on any atom is 0.238 e. The summed E-state index contributed by atoms with van der Waals surface area (Å²) in [6.07, 6.45) is 1.71. The van der Waals surface area contributed by atoms with Crippen LogP contribution in [0, 0.1) is 5.82 Å². The molecule has 0 fully saturated rings. The van der Waals surface area contributed by atoms with E-state index in [0.717, 1.165) is 5.69 Å². The number of benzene rings is 1. The molecule has 104 valence electrons. The maximum absolute atomic E-state index is 13.0. The van der Waals surface area contributed by atoms with Crippen LogP contribution in [0.1, 0.15) is 18.7 Å². The van der Waals surface area contributed by atoms with E-state index in [1.807, 2.05) is 25.1 Å². The van der Waals surface area contributed by atoms with Gasteiger partial charge in [-0.25, -0.2) is 4.39 Å². The van der Waals surface area contributed by atoms with Crippen LogP contribution in [-0.4, -0.2) is 17.4 Å². The van der Waals surface area contributed by atoms with Crippen LogP contribution in [0.25, 0.3) is 0 Å². The number of anilines is 1. The molecule has 0 saturated carbocycles. The third-order valence-electron chi connectivity index (χ3n) is 2.81. The third-order valence-corrected chi connectivity index (χ3v) is 2.81. The summed E-state index contributed by atoms with van der Waals surface area (Å²) < 4.78 is 13.0. The van der Waals surface area contributed by atoms with Gasteiger partial charge in [0.25, 0.3) is 0 Å². The van der Waals surface area contributed by atoms with Crippen LogP contribution >= 0.6 is 0 Å². The molecular formula is C15H16FN3O. The quantitative estimate of drug-likeness (QED) is 0.880. The van der Waals surface area contributed by atoms with Crippen molar-refractivity contribution in [3.63, 3.8) is 0 Å². The molecule has 0 aliphatic carbocycles. The van der Waals surface area contributed by atoms with Crippen LogP contribution < -0.4 is 10.6 Å². The Balaban J connectivity index is 1.83. The molecule has 0 spiro atoms. The van der Waals surface area contributed by atoms with E-state index >= 15 is 0 Å². The van der Waals surface area contributed by atoms with Gasteiger partial charge in [-0.1, -0.05) is 12.1 Å². The predicted molar refractivity (Wildman–Crippen MR) is 75.7 cm³/mol. The Morgan fingerprint density at radius 3 is 2.85 bits per heavy atom. The number of nitrogens with one attached hydrogen (secondary N) is 2. The SMILES string of the molecule is C[C@H](NCC(=O)Nc1cccc(F)c1)c1ccccn1. The van der Waals surface area contributed by atoms with E-state index < -0.39 is 0 Å². The predicted octanol–water partition coefficient (Wildman–Crippen LogP) is 2.51. The fourth-order valence-electron chi connectivity index (χ4n) is 1.75. The van der Waals surface area contributed by atoms with E-state index in [4.69, 9.17) is 0 Å². The Bertz CT molecular complexity index is 574. The molecule has 2 N–H and O–H groups in total. The molecule has 1 amide bonds. The molecule has 1 aromatic carbocycles. The van der Waals surface area contributed by atoms with Crippen molar-refractivity contribution in [2.45, 2.75) is 13.0 Å². The third kappa shape index (κ3) is 4.13. The molecule has 1 aromatic heterocycles. The first-order valence-corrected chi connectivity index (χ1v) is 6.35. The number of aromatic nitrogens is 1. The van der Waals surface area contributed by atoms with Gasteiger partial charge in [-0.05, 0) is 37.3 Å². The summed E-state index contributed by atoms with van der Waals surface area (Å²) in [5, 5.41) is 5.69. The molecular weight excluding hydrogens is 257 g/mol. The largest absolute Gasteiger partial charge is 0.325 e. The smallest absolute Gasteiger partial charge is 0.238 e. The fraction of sp³-hybridized carbons (Fsp3) is 0.200. The number of nitrogens with zero attached hydrogens (tertiary/aromatic N) is 1. The Kier molecular flexibility index (Phi) is 4.79. The summed E-state index contributed by atoms with van der Waals surface area (Å²) in [4.78, 5) is 16.0. The molecule has 0 saturated heterocycles. The lowest BCUT2D eigenvalue weighted by Crippen LogP contribution is -2.30. The molecule has 2 rings (SSSR count). The Labute approximate surface area is 117 Å². The molecule has 0 aliphatic heterocycles. The van der Waals surface area contributed by atoms with Gasteiger partial charge in [0.1, 0.15) is 5.82 Å². The van der Waals surface area contributed by atoms with Crippen molar-refractivity contribution in [3.8, 4) is 0 Å². The molecule has 1 atom stereocenters. The van der Waals surface area contributed by atoms with Crippen molar-refractivity contribution in [1.82, 2.24) is 10.3 Å². The van der Waals surface area contributed by atoms with Crippen molar-refractivity contribution in [1.29, 1.82) is 0 Å². The normalized spacial score (nSPS) is 11.9. The van der Waals surface area contributed by atoms with Crippen molar-refractivity contribution < 1.29 is 9.18 Å². The first-order chi connectivity index (χ1) is 9.65. The van der Waals surface area contributed by atoms with Gasteiger partial charge < -0.3 is 10.6 Å². The van der Waals surface area contributed by atoms with Gasteiger partial charge in [0, 0.05) is 17.9 Å². The number of rotatable bonds is 5. The zero-order chi connectivity index (χ0) is 14.4. The molecule has 2 aromatic rings. The monoisotopic (exact) mass is 273 g/mol. The minimum Gasteiger partial charge on any atom is -0.325 e. The van der Waals surface area contributed by atoms with Gasteiger partial charge in [-0.15, -0.1) is 0 Å². The molecule has 4 nitrogen and oxygen atoms in total. The summed E-state index contributed by atoms with van der Waals surface area (Å²) in [7, 11) is 0. The molecule has 0 radical (unpaired) electrons. The number of pyridine rings is 1. The average Bonchev–Trinajstić information content (AvgIpc) is 2.46. The summed E-state index contributed by atoms with van der Waals surface area (Å²) in [5.74, 6) is -0.601. The number of carbonyl (C=O) groups is 1. The van der Waals surface area contributed by atoms with E-state index in [1.165, 1.54) is 12.1 Å². The van der Waals surface area contributed by atoms with Gasteiger partial charge in [0.2, 0.25) is 5.91 Å². The van der Waals surface area contributed by atoms with E-state index in [2.05, 4.69) is 15.6 Å². The van der Waals surface area contributed by atoms with E-state index in [-0.39, 0.29) is 24.3 Å². The first-order valence-electron chi connectivity index (χ1n) is 6.35. The highest BCUT2D eigenvalue weighted by molar-refractivity contribution is 5.92. The molecule has 1 heterocycles. The van der Waals surface area contributed by atoms with Crippen LogP contribution in [0.3, 0.4) is 0 Å². The summed E-state index contributed by atoms with van der Waals surface area (Å²) in [5.41, 5.74) is 1.31. The minimum absolute atomic E-state index is 0.0329. The molecule has 5 heteroatoms. The van der Waals surface area contributed by atoms with Gasteiger partial charge in [-0.3, -0.25) is 9.78 Å². The lowest BCUT2D eigenvalue weighted by molar-refractivity contribution is -0.115. The zero-order valence-electron chi connectivity index (χ0n) is 11.1. The number of carbonyl (C=O) groups excluding carboxylic acids is 1. The number of hydrogen-bond donors (Lipinski definition) is 2. The number of hydrogen-bond acceptors (Lipinski definition) is 3. The fourth-order valence-corrected chi connectivity index (χ4v) is 1.75. The average molecular weight is 273 g/mol. The molecule has 0 unspecified atom stereocenters.